The Labute approximate surface area is 212 Å². The normalized spacial score (nSPS) is 13.6. The fraction of sp³-hybridized carbons (Fsp3) is 0.321. The Kier molecular flexibility index (Phi) is 11.9. The molecule has 0 bridgehead atoms. The average molecular weight is 495 g/mol. The van der Waals surface area contributed by atoms with Crippen LogP contribution >= 0.6 is 0 Å². The Morgan fingerprint density at radius 2 is 1.44 bits per heavy atom. The summed E-state index contributed by atoms with van der Waals surface area (Å²) < 4.78 is 5.87. The van der Waals surface area contributed by atoms with Crippen LogP contribution in [-0.2, 0) is 27.5 Å². The van der Waals surface area contributed by atoms with Crippen LogP contribution in [0.3, 0.4) is 0 Å². The van der Waals surface area contributed by atoms with Crippen LogP contribution < -0.4 is 4.74 Å². The van der Waals surface area contributed by atoms with E-state index < -0.39 is 11.9 Å². The van der Waals surface area contributed by atoms with Crippen molar-refractivity contribution in [2.24, 2.45) is 5.92 Å². The Morgan fingerprint density at radius 1 is 0.889 bits per heavy atom. The van der Waals surface area contributed by atoms with E-state index in [0.717, 1.165) is 38.2 Å². The summed E-state index contributed by atoms with van der Waals surface area (Å²) in [6.45, 7) is 12.1. The van der Waals surface area contributed by atoms with Crippen LogP contribution in [0.5, 0.6) is 5.75 Å². The zero-order chi connectivity index (χ0) is 26.3. The summed E-state index contributed by atoms with van der Waals surface area (Å²) >= 11 is 0. The molecule has 2 N–H and O–H groups in total. The number of carbonyl (C=O) groups is 3. The van der Waals surface area contributed by atoms with Gasteiger partial charge in [0.15, 0.2) is 0 Å². The molecule has 36 heavy (non-hydrogen) atoms. The molecule has 2 aromatic carbocycles. The molecule has 0 spiro atoms. The maximum atomic E-state index is 12.7. The van der Waals surface area contributed by atoms with Gasteiger partial charge in [-0.05, 0) is 49.2 Å². The highest BCUT2D eigenvalue weighted by molar-refractivity contribution is 6.27. The van der Waals surface area contributed by atoms with Gasteiger partial charge in [-0.25, -0.2) is 9.59 Å². The van der Waals surface area contributed by atoms with Gasteiger partial charge in [-0.2, -0.15) is 0 Å². The number of piperidine rings is 1. The number of hydrogen-bond acceptors (Lipinski definition) is 5. The number of benzene rings is 2. The lowest BCUT2D eigenvalue weighted by Crippen LogP contribution is -2.42. The molecular formula is C28H34N2O6. The molecule has 2 aromatic rings. The first kappa shape index (κ1) is 28.3. The number of rotatable bonds is 10. The van der Waals surface area contributed by atoms with Crippen molar-refractivity contribution in [1.82, 2.24) is 9.80 Å². The third-order valence-electron chi connectivity index (χ3n) is 5.71. The number of carboxylic acid groups (broad SMARTS) is 2. The van der Waals surface area contributed by atoms with Crippen molar-refractivity contribution >= 4 is 17.8 Å². The van der Waals surface area contributed by atoms with Crippen LogP contribution in [-0.4, -0.2) is 64.0 Å². The van der Waals surface area contributed by atoms with Crippen LogP contribution in [0.1, 0.15) is 24.0 Å². The summed E-state index contributed by atoms with van der Waals surface area (Å²) in [5, 5.41) is 14.8. The molecule has 0 atom stereocenters. The molecule has 8 nitrogen and oxygen atoms in total. The first-order valence-electron chi connectivity index (χ1n) is 11.8. The van der Waals surface area contributed by atoms with Gasteiger partial charge in [0.25, 0.3) is 0 Å². The molecule has 0 radical (unpaired) electrons. The fourth-order valence-corrected chi connectivity index (χ4v) is 3.85. The number of aliphatic carboxylic acids is 2. The predicted molar refractivity (Wildman–Crippen MR) is 137 cm³/mol. The van der Waals surface area contributed by atoms with Crippen molar-refractivity contribution in [3.63, 3.8) is 0 Å². The highest BCUT2D eigenvalue weighted by Gasteiger charge is 2.27. The molecule has 8 heteroatoms. The van der Waals surface area contributed by atoms with Gasteiger partial charge < -0.3 is 19.8 Å². The quantitative estimate of drug-likeness (QED) is 0.382. The monoisotopic (exact) mass is 494 g/mol. The van der Waals surface area contributed by atoms with Gasteiger partial charge in [-0.1, -0.05) is 54.6 Å². The molecule has 0 aromatic heterocycles. The summed E-state index contributed by atoms with van der Waals surface area (Å²) in [6, 6.07) is 18.5. The van der Waals surface area contributed by atoms with E-state index in [2.05, 4.69) is 42.3 Å². The standard InChI is InChI=1S/C26H32N2O2.C2H2O4/c1-3-16-28(17-4-2)26(29)24-14-18-27(19-15-24)20-22-10-12-25(13-11-22)30-21-23-8-6-5-7-9-23;3-1(4)2(5)6/h3-13,24H,1-2,14-21H2;(H,3,4)(H,5,6). The summed E-state index contributed by atoms with van der Waals surface area (Å²) in [7, 11) is 0. The highest BCUT2D eigenvalue weighted by Crippen LogP contribution is 2.22. The number of nitrogens with zero attached hydrogens (tertiary/aromatic N) is 2. The van der Waals surface area contributed by atoms with E-state index >= 15 is 0 Å². The minimum atomic E-state index is -1.82. The predicted octanol–water partition coefficient (Wildman–Crippen LogP) is 3.83. The lowest BCUT2D eigenvalue weighted by molar-refractivity contribution is -0.159. The van der Waals surface area contributed by atoms with E-state index in [0.29, 0.717) is 19.7 Å². The van der Waals surface area contributed by atoms with Crippen molar-refractivity contribution in [1.29, 1.82) is 0 Å². The minimum absolute atomic E-state index is 0.106. The molecule has 1 aliphatic rings. The second-order valence-corrected chi connectivity index (χ2v) is 8.40. The molecular weight excluding hydrogens is 460 g/mol. The summed E-state index contributed by atoms with van der Waals surface area (Å²) in [5.41, 5.74) is 2.44. The summed E-state index contributed by atoms with van der Waals surface area (Å²) in [4.78, 5) is 35.2. The summed E-state index contributed by atoms with van der Waals surface area (Å²) in [6.07, 6.45) is 5.37. The lowest BCUT2D eigenvalue weighted by atomic mass is 9.95. The molecule has 0 saturated carbocycles. The van der Waals surface area contributed by atoms with Crippen molar-refractivity contribution in [3.05, 3.63) is 91.0 Å². The summed E-state index contributed by atoms with van der Waals surface area (Å²) in [5.74, 6) is -2.43. The molecule has 1 heterocycles. The van der Waals surface area contributed by atoms with Crippen LogP contribution in [0.4, 0.5) is 0 Å². The van der Waals surface area contributed by atoms with Gasteiger partial charge in [0, 0.05) is 25.6 Å². The van der Waals surface area contributed by atoms with Crippen molar-refractivity contribution in [2.45, 2.75) is 26.0 Å². The second kappa shape index (κ2) is 15.2. The molecule has 3 rings (SSSR count). The molecule has 192 valence electrons. The Bertz CT molecular complexity index is 976. The first-order chi connectivity index (χ1) is 17.3. The van der Waals surface area contributed by atoms with E-state index in [1.165, 1.54) is 11.1 Å². The number of ether oxygens (including phenoxy) is 1. The van der Waals surface area contributed by atoms with Crippen molar-refractivity contribution in [3.8, 4) is 5.75 Å². The largest absolute Gasteiger partial charge is 0.489 e. The van der Waals surface area contributed by atoms with E-state index in [1.807, 2.05) is 35.2 Å². The second-order valence-electron chi connectivity index (χ2n) is 8.40. The number of carboxylic acids is 2. The van der Waals surface area contributed by atoms with Crippen molar-refractivity contribution in [2.75, 3.05) is 26.2 Å². The van der Waals surface area contributed by atoms with E-state index in [-0.39, 0.29) is 11.8 Å². The molecule has 0 unspecified atom stereocenters. The molecule has 1 aliphatic heterocycles. The smallest absolute Gasteiger partial charge is 0.414 e. The molecule has 1 saturated heterocycles. The average Bonchev–Trinajstić information content (AvgIpc) is 2.89. The SMILES string of the molecule is C=CCN(CC=C)C(=O)C1CCN(Cc2ccc(OCc3ccccc3)cc2)CC1.O=C(O)C(=O)O. The van der Waals surface area contributed by atoms with Crippen molar-refractivity contribution < 1.29 is 29.3 Å². The Morgan fingerprint density at radius 3 is 1.94 bits per heavy atom. The third-order valence-corrected chi connectivity index (χ3v) is 5.71. The molecule has 1 fully saturated rings. The van der Waals surface area contributed by atoms with E-state index in [9.17, 15) is 4.79 Å². The van der Waals surface area contributed by atoms with Gasteiger partial charge in [0.1, 0.15) is 12.4 Å². The third kappa shape index (κ3) is 9.76. The van der Waals surface area contributed by atoms with Crippen LogP contribution in [0, 0.1) is 5.92 Å². The van der Waals surface area contributed by atoms with Crippen LogP contribution in [0.25, 0.3) is 0 Å². The number of amides is 1. The lowest BCUT2D eigenvalue weighted by Gasteiger charge is -2.33. The zero-order valence-corrected chi connectivity index (χ0v) is 20.4. The number of carbonyl (C=O) groups excluding carboxylic acids is 1. The van der Waals surface area contributed by atoms with Gasteiger partial charge in [-0.3, -0.25) is 9.69 Å². The number of hydrogen-bond donors (Lipinski definition) is 2. The topological polar surface area (TPSA) is 107 Å². The van der Waals surface area contributed by atoms with E-state index in [4.69, 9.17) is 24.5 Å². The Hall–Kier alpha value is -3.91. The van der Waals surface area contributed by atoms with E-state index in [1.54, 1.807) is 12.2 Å². The Balaban J connectivity index is 0.000000678. The van der Waals surface area contributed by atoms with Gasteiger partial charge in [-0.15, -0.1) is 13.2 Å². The maximum absolute atomic E-state index is 12.7. The minimum Gasteiger partial charge on any atom is -0.489 e. The fourth-order valence-electron chi connectivity index (χ4n) is 3.85. The van der Waals surface area contributed by atoms with Gasteiger partial charge in [0.2, 0.25) is 5.91 Å². The molecule has 0 aliphatic carbocycles. The zero-order valence-electron chi connectivity index (χ0n) is 20.4. The number of likely N-dealkylation sites (tertiary alicyclic amines) is 1. The molecule has 1 amide bonds. The van der Waals surface area contributed by atoms with Gasteiger partial charge >= 0.3 is 11.9 Å². The highest BCUT2D eigenvalue weighted by atomic mass is 16.5. The van der Waals surface area contributed by atoms with Gasteiger partial charge in [0.05, 0.1) is 0 Å². The van der Waals surface area contributed by atoms with Crippen LogP contribution in [0.15, 0.2) is 79.9 Å². The first-order valence-corrected chi connectivity index (χ1v) is 11.8. The van der Waals surface area contributed by atoms with Crippen LogP contribution in [0.2, 0.25) is 0 Å². The maximum Gasteiger partial charge on any atom is 0.414 e.